The molecule has 5 aliphatic rings. The van der Waals surface area contributed by atoms with E-state index >= 15 is 0 Å². The quantitative estimate of drug-likeness (QED) is 0.176. The van der Waals surface area contributed by atoms with Gasteiger partial charge in [0.25, 0.3) is 0 Å². The van der Waals surface area contributed by atoms with Crippen molar-refractivity contribution in [2.24, 2.45) is 20.9 Å². The van der Waals surface area contributed by atoms with E-state index in [2.05, 4.69) is 187 Å². The zero-order chi connectivity index (χ0) is 40.8. The van der Waals surface area contributed by atoms with Gasteiger partial charge in [-0.3, -0.25) is 9.56 Å². The molecule has 0 bridgehead atoms. The summed E-state index contributed by atoms with van der Waals surface area (Å²) in [5.41, 5.74) is 14.4. The number of hydrogen-bond donors (Lipinski definition) is 0. The van der Waals surface area contributed by atoms with Gasteiger partial charge in [-0.2, -0.15) is 4.99 Å². The Kier molecular flexibility index (Phi) is 7.64. The second-order valence-electron chi connectivity index (χ2n) is 16.6. The van der Waals surface area contributed by atoms with Crippen LogP contribution in [0.25, 0.3) is 39.2 Å². The SMILES string of the molecule is C1=CC2C=Cc3c(c4cc5c(cc4n3C3=NC(c4ccccc4)=NC(c4ccc(-c6ccccc6)cc4)C=N3)Oc3ccccc3C53c4ccccc4-c4ccccc43)C2C=C1. The van der Waals surface area contributed by atoms with Gasteiger partial charge >= 0.3 is 0 Å². The molecular formula is C57H38N4O. The number of allylic oxidation sites excluding steroid dienone is 5. The Balaban J connectivity index is 1.05. The standard InChI is InChI=1S/C57H38N4O/c1-3-15-36(16-4-1)37-27-29-39(30-28-37)49-35-58-56(60-55(59-49)40-18-5-2-6-19-40)61-50-32-31-38-17-7-8-20-41(38)54(50)44-33-48-53(34-51(44)61)62-52-26-14-13-25-47(52)57(48)45-23-11-9-21-42(45)43-22-10-12-24-46(43)57/h1-35,38,41,49H. The van der Waals surface area contributed by atoms with Crippen LogP contribution in [-0.2, 0) is 5.41 Å². The van der Waals surface area contributed by atoms with Crippen LogP contribution in [0.15, 0.2) is 215 Å². The molecule has 3 heterocycles. The Morgan fingerprint density at radius 3 is 1.95 bits per heavy atom. The lowest BCUT2D eigenvalue weighted by atomic mass is 9.65. The van der Waals surface area contributed by atoms with Crippen molar-refractivity contribution in [3.63, 3.8) is 0 Å². The summed E-state index contributed by atoms with van der Waals surface area (Å²) < 4.78 is 9.30. The molecule has 0 N–H and O–H groups in total. The predicted octanol–water partition coefficient (Wildman–Crippen LogP) is 13.1. The highest BCUT2D eigenvalue weighted by Gasteiger charge is 2.51. The van der Waals surface area contributed by atoms with Crippen LogP contribution in [0.2, 0.25) is 0 Å². The first-order valence-electron chi connectivity index (χ1n) is 21.4. The van der Waals surface area contributed by atoms with Crippen molar-refractivity contribution in [2.75, 3.05) is 0 Å². The number of fused-ring (bicyclic) bond motifs is 14. The van der Waals surface area contributed by atoms with Gasteiger partial charge in [0.2, 0.25) is 5.96 Å². The molecule has 2 aliphatic heterocycles. The van der Waals surface area contributed by atoms with Crippen LogP contribution in [0.5, 0.6) is 11.5 Å². The van der Waals surface area contributed by atoms with Crippen LogP contribution in [0, 0.1) is 5.92 Å². The zero-order valence-electron chi connectivity index (χ0n) is 33.6. The summed E-state index contributed by atoms with van der Waals surface area (Å²) in [6.45, 7) is 0. The highest BCUT2D eigenvalue weighted by atomic mass is 16.5. The number of para-hydroxylation sites is 1. The second kappa shape index (κ2) is 13.6. The van der Waals surface area contributed by atoms with E-state index in [-0.39, 0.29) is 17.9 Å². The Labute approximate surface area is 359 Å². The fraction of sp³-hybridized carbons (Fsp3) is 0.0702. The molecule has 1 aromatic heterocycles. The van der Waals surface area contributed by atoms with Gasteiger partial charge in [0.1, 0.15) is 17.5 Å². The Morgan fingerprint density at radius 2 is 1.19 bits per heavy atom. The summed E-state index contributed by atoms with van der Waals surface area (Å²) in [5.74, 6) is 3.23. The fourth-order valence-corrected chi connectivity index (χ4v) is 10.7. The molecule has 292 valence electrons. The van der Waals surface area contributed by atoms with Crippen LogP contribution in [0.1, 0.15) is 56.6 Å². The lowest BCUT2D eigenvalue weighted by Crippen LogP contribution is -2.32. The Morgan fingerprint density at radius 1 is 0.548 bits per heavy atom. The molecule has 0 saturated carbocycles. The third-order valence-electron chi connectivity index (χ3n) is 13.4. The minimum atomic E-state index is -0.582. The number of amidine groups is 1. The van der Waals surface area contributed by atoms with Crippen molar-refractivity contribution in [3.8, 4) is 33.8 Å². The summed E-state index contributed by atoms with van der Waals surface area (Å²) in [7, 11) is 0. The van der Waals surface area contributed by atoms with Crippen LogP contribution in [0.3, 0.4) is 0 Å². The maximum absolute atomic E-state index is 7.06. The predicted molar refractivity (Wildman–Crippen MR) is 252 cm³/mol. The van der Waals surface area contributed by atoms with Crippen molar-refractivity contribution in [1.82, 2.24) is 4.57 Å². The number of benzene rings is 7. The smallest absolute Gasteiger partial charge is 0.236 e. The molecule has 0 amide bonds. The monoisotopic (exact) mass is 794 g/mol. The van der Waals surface area contributed by atoms with Gasteiger partial charge in [0.05, 0.1) is 16.6 Å². The summed E-state index contributed by atoms with van der Waals surface area (Å²) in [4.78, 5) is 16.0. The van der Waals surface area contributed by atoms with Crippen molar-refractivity contribution in [2.45, 2.75) is 17.4 Å². The lowest BCUT2D eigenvalue weighted by Gasteiger charge is -2.39. The molecule has 3 unspecified atom stereocenters. The molecular weight excluding hydrogens is 757 g/mol. The topological polar surface area (TPSA) is 51.2 Å². The molecule has 62 heavy (non-hydrogen) atoms. The van der Waals surface area contributed by atoms with Crippen molar-refractivity contribution >= 4 is 35.0 Å². The molecule has 13 rings (SSSR count). The number of nitrogens with zero attached hydrogens (tertiary/aromatic N) is 4. The highest BCUT2D eigenvalue weighted by molar-refractivity contribution is 6.13. The number of hydrogen-bond acceptors (Lipinski definition) is 4. The maximum Gasteiger partial charge on any atom is 0.236 e. The first-order chi connectivity index (χ1) is 30.7. The molecule has 1 spiro atoms. The van der Waals surface area contributed by atoms with Gasteiger partial charge < -0.3 is 4.74 Å². The fourth-order valence-electron chi connectivity index (χ4n) is 10.7. The third kappa shape index (κ3) is 5.05. The second-order valence-corrected chi connectivity index (χ2v) is 16.6. The van der Waals surface area contributed by atoms with E-state index in [1.54, 1.807) is 0 Å². The Hall–Kier alpha value is -7.89. The normalized spacial score (nSPS) is 19.3. The van der Waals surface area contributed by atoms with Crippen molar-refractivity contribution < 1.29 is 4.74 Å². The van der Waals surface area contributed by atoms with Gasteiger partial charge in [0, 0.05) is 46.2 Å². The van der Waals surface area contributed by atoms with E-state index in [1.165, 1.54) is 33.4 Å². The van der Waals surface area contributed by atoms with Crippen LogP contribution in [-0.4, -0.2) is 22.6 Å². The average molecular weight is 795 g/mol. The summed E-state index contributed by atoms with van der Waals surface area (Å²) in [5, 5.41) is 1.16. The summed E-state index contributed by atoms with van der Waals surface area (Å²) in [6.07, 6.45) is 15.6. The minimum absolute atomic E-state index is 0.131. The van der Waals surface area contributed by atoms with Gasteiger partial charge in [0.15, 0.2) is 5.84 Å². The number of aromatic nitrogens is 1. The lowest BCUT2D eigenvalue weighted by molar-refractivity contribution is 0.437. The summed E-state index contributed by atoms with van der Waals surface area (Å²) in [6, 6.07) is 60.1. The molecule has 8 aromatic rings. The number of ether oxygens (including phenoxy) is 1. The Bertz CT molecular complexity index is 3280. The van der Waals surface area contributed by atoms with Crippen molar-refractivity contribution in [3.05, 3.63) is 245 Å². The molecule has 5 heteroatoms. The van der Waals surface area contributed by atoms with Crippen LogP contribution < -0.4 is 4.74 Å². The van der Waals surface area contributed by atoms with E-state index in [1.807, 2.05) is 30.5 Å². The molecule has 3 aliphatic carbocycles. The van der Waals surface area contributed by atoms with E-state index in [9.17, 15) is 0 Å². The number of aliphatic imine (C=N–C) groups is 3. The van der Waals surface area contributed by atoms with Gasteiger partial charge in [-0.15, -0.1) is 0 Å². The van der Waals surface area contributed by atoms with Crippen LogP contribution >= 0.6 is 0 Å². The molecule has 0 fully saturated rings. The van der Waals surface area contributed by atoms with Crippen molar-refractivity contribution in [1.29, 1.82) is 0 Å². The minimum Gasteiger partial charge on any atom is -0.457 e. The molecule has 0 saturated heterocycles. The van der Waals surface area contributed by atoms with Gasteiger partial charge in [-0.1, -0.05) is 182 Å². The molecule has 5 nitrogen and oxygen atoms in total. The van der Waals surface area contributed by atoms with E-state index in [0.29, 0.717) is 11.8 Å². The van der Waals surface area contributed by atoms with Gasteiger partial charge in [-0.05, 0) is 62.7 Å². The third-order valence-corrected chi connectivity index (χ3v) is 13.4. The summed E-state index contributed by atoms with van der Waals surface area (Å²) >= 11 is 0. The molecule has 7 aromatic carbocycles. The molecule has 0 radical (unpaired) electrons. The highest BCUT2D eigenvalue weighted by Crippen LogP contribution is 2.63. The number of rotatable bonds is 3. The molecule has 3 atom stereocenters. The van der Waals surface area contributed by atoms with Crippen LogP contribution in [0.4, 0.5) is 0 Å². The van der Waals surface area contributed by atoms with E-state index in [0.717, 1.165) is 55.9 Å². The largest absolute Gasteiger partial charge is 0.457 e. The zero-order valence-corrected chi connectivity index (χ0v) is 33.6. The average Bonchev–Trinajstić information content (AvgIpc) is 3.71. The first-order valence-corrected chi connectivity index (χ1v) is 21.4. The van der Waals surface area contributed by atoms with E-state index in [4.69, 9.17) is 19.7 Å². The van der Waals surface area contributed by atoms with E-state index < -0.39 is 5.41 Å². The first kappa shape index (κ1) is 34.9. The maximum atomic E-state index is 7.06. The van der Waals surface area contributed by atoms with Gasteiger partial charge in [-0.25, -0.2) is 4.99 Å².